The quantitative estimate of drug-likeness (QED) is 0.516. The standard InChI is InChI=1S/C21H21F2N5O3S/c1-21(2)11-28(32(30,31)14-8-12(22)7-13(23)9-14)10-16-18(21)26-27-19(16)25-20(29)15-5-3-4-6-17(15)24/h3-9H,10-11,24H2,1-2H3,(H2,25,26,27,29). The number of nitrogens with zero attached hydrogens (tertiary/aromatic N) is 2. The summed E-state index contributed by atoms with van der Waals surface area (Å²) in [5, 5.41) is 9.72. The minimum atomic E-state index is -4.22. The summed E-state index contributed by atoms with van der Waals surface area (Å²) in [5.74, 6) is -2.32. The third-order valence-corrected chi connectivity index (χ3v) is 7.13. The summed E-state index contributed by atoms with van der Waals surface area (Å²) in [6.07, 6.45) is 0. The zero-order valence-electron chi connectivity index (χ0n) is 17.3. The summed E-state index contributed by atoms with van der Waals surface area (Å²) in [5.41, 5.74) is 6.80. The second-order valence-corrected chi connectivity index (χ2v) is 10.2. The number of benzene rings is 2. The highest BCUT2D eigenvalue weighted by Gasteiger charge is 2.41. The Morgan fingerprint density at radius 1 is 1.19 bits per heavy atom. The molecular formula is C21H21F2N5O3S. The number of halogens is 2. The minimum absolute atomic E-state index is 0.0433. The van der Waals surface area contributed by atoms with Crippen molar-refractivity contribution >= 4 is 27.4 Å². The van der Waals surface area contributed by atoms with Crippen molar-refractivity contribution in [3.63, 3.8) is 0 Å². The number of H-pyrrole nitrogens is 1. The van der Waals surface area contributed by atoms with Crippen molar-refractivity contribution in [2.24, 2.45) is 0 Å². The first-order chi connectivity index (χ1) is 15.0. The van der Waals surface area contributed by atoms with E-state index in [2.05, 4.69) is 15.5 Å². The number of amides is 1. The maximum Gasteiger partial charge on any atom is 0.258 e. The van der Waals surface area contributed by atoms with Crippen LogP contribution >= 0.6 is 0 Å². The fraction of sp³-hybridized carbons (Fsp3) is 0.238. The molecule has 2 aromatic carbocycles. The molecule has 0 radical (unpaired) electrons. The Balaban J connectivity index is 1.70. The van der Waals surface area contributed by atoms with Gasteiger partial charge in [0, 0.05) is 41.5 Å². The van der Waals surface area contributed by atoms with Crippen molar-refractivity contribution in [1.29, 1.82) is 0 Å². The predicted octanol–water partition coefficient (Wildman–Crippen LogP) is 3.00. The number of aromatic nitrogens is 2. The molecule has 0 fully saturated rings. The van der Waals surface area contributed by atoms with Crippen LogP contribution in [0.25, 0.3) is 0 Å². The van der Waals surface area contributed by atoms with Crippen molar-refractivity contribution in [2.75, 3.05) is 17.6 Å². The largest absolute Gasteiger partial charge is 0.398 e. The molecule has 0 spiro atoms. The number of carbonyl (C=O) groups excluding carboxylic acids is 1. The first-order valence-electron chi connectivity index (χ1n) is 9.69. The molecule has 32 heavy (non-hydrogen) atoms. The Kier molecular flexibility index (Phi) is 5.25. The van der Waals surface area contributed by atoms with Crippen LogP contribution in [0.15, 0.2) is 47.4 Å². The van der Waals surface area contributed by atoms with Gasteiger partial charge in [0.25, 0.3) is 5.91 Å². The fourth-order valence-corrected chi connectivity index (χ4v) is 5.42. The number of carbonyl (C=O) groups is 1. The highest BCUT2D eigenvalue weighted by Crippen LogP contribution is 2.38. The van der Waals surface area contributed by atoms with Crippen LogP contribution in [0.4, 0.5) is 20.3 Å². The molecule has 0 saturated carbocycles. The Bertz CT molecular complexity index is 1300. The molecule has 3 aromatic rings. The van der Waals surface area contributed by atoms with Crippen LogP contribution in [0, 0.1) is 11.6 Å². The molecule has 0 bridgehead atoms. The van der Waals surface area contributed by atoms with Gasteiger partial charge in [-0.15, -0.1) is 0 Å². The summed E-state index contributed by atoms with van der Waals surface area (Å²) >= 11 is 0. The number of anilines is 2. The molecule has 0 atom stereocenters. The highest BCUT2D eigenvalue weighted by molar-refractivity contribution is 7.89. The van der Waals surface area contributed by atoms with Crippen LogP contribution in [0.3, 0.4) is 0 Å². The molecule has 8 nitrogen and oxygen atoms in total. The molecule has 0 unspecified atom stereocenters. The maximum absolute atomic E-state index is 13.7. The lowest BCUT2D eigenvalue weighted by atomic mass is 9.84. The molecule has 1 aromatic heterocycles. The van der Waals surface area contributed by atoms with E-state index in [9.17, 15) is 22.0 Å². The second-order valence-electron chi connectivity index (χ2n) is 8.23. The number of hydrogen-bond donors (Lipinski definition) is 3. The van der Waals surface area contributed by atoms with Gasteiger partial charge in [-0.2, -0.15) is 9.40 Å². The molecule has 0 aliphatic carbocycles. The van der Waals surface area contributed by atoms with Crippen LogP contribution in [-0.4, -0.2) is 35.4 Å². The number of fused-ring (bicyclic) bond motifs is 1. The molecule has 4 N–H and O–H groups in total. The van der Waals surface area contributed by atoms with Gasteiger partial charge in [0.05, 0.1) is 10.5 Å². The third kappa shape index (κ3) is 3.84. The van der Waals surface area contributed by atoms with Crippen LogP contribution in [-0.2, 0) is 22.0 Å². The minimum Gasteiger partial charge on any atom is -0.398 e. The highest BCUT2D eigenvalue weighted by atomic mass is 32.2. The third-order valence-electron chi connectivity index (χ3n) is 5.36. The molecular weight excluding hydrogens is 440 g/mol. The van der Waals surface area contributed by atoms with E-state index in [-0.39, 0.29) is 30.2 Å². The van der Waals surface area contributed by atoms with Gasteiger partial charge in [-0.1, -0.05) is 26.0 Å². The van der Waals surface area contributed by atoms with E-state index in [1.54, 1.807) is 38.1 Å². The molecule has 4 rings (SSSR count). The Labute approximate surface area is 183 Å². The van der Waals surface area contributed by atoms with Crippen LogP contribution in [0.1, 0.15) is 35.5 Å². The molecule has 1 amide bonds. The number of para-hydroxylation sites is 1. The van der Waals surface area contributed by atoms with Crippen molar-refractivity contribution in [3.8, 4) is 0 Å². The summed E-state index contributed by atoms with van der Waals surface area (Å²) in [6, 6.07) is 8.67. The Morgan fingerprint density at radius 3 is 2.50 bits per heavy atom. The first kappa shape index (κ1) is 21.9. The number of aromatic amines is 1. The topological polar surface area (TPSA) is 121 Å². The van der Waals surface area contributed by atoms with E-state index in [1.165, 1.54) is 0 Å². The van der Waals surface area contributed by atoms with E-state index in [4.69, 9.17) is 5.73 Å². The van der Waals surface area contributed by atoms with Gasteiger partial charge < -0.3 is 11.1 Å². The Hall–Kier alpha value is -3.31. The van der Waals surface area contributed by atoms with Crippen molar-refractivity contribution in [3.05, 3.63) is 70.9 Å². The average molecular weight is 461 g/mol. The molecule has 11 heteroatoms. The SMILES string of the molecule is CC1(C)CN(S(=O)(=O)c2cc(F)cc(F)c2)Cc2c(NC(=O)c3ccccc3N)n[nH]c21. The second kappa shape index (κ2) is 7.68. The van der Waals surface area contributed by atoms with Gasteiger partial charge in [0.15, 0.2) is 5.82 Å². The van der Waals surface area contributed by atoms with Gasteiger partial charge in [-0.3, -0.25) is 9.89 Å². The fourth-order valence-electron chi connectivity index (χ4n) is 3.81. The number of sulfonamides is 1. The first-order valence-corrected chi connectivity index (χ1v) is 11.1. The van der Waals surface area contributed by atoms with Crippen LogP contribution in [0.2, 0.25) is 0 Å². The smallest absolute Gasteiger partial charge is 0.258 e. The van der Waals surface area contributed by atoms with Crippen molar-refractivity contribution < 1.29 is 22.0 Å². The molecule has 168 valence electrons. The number of nitrogen functional groups attached to an aromatic ring is 1. The summed E-state index contributed by atoms with van der Waals surface area (Å²) < 4.78 is 54.8. The van der Waals surface area contributed by atoms with Crippen molar-refractivity contribution in [1.82, 2.24) is 14.5 Å². The summed E-state index contributed by atoms with van der Waals surface area (Å²) in [4.78, 5) is 12.2. The lowest BCUT2D eigenvalue weighted by Crippen LogP contribution is -2.45. The summed E-state index contributed by atoms with van der Waals surface area (Å²) in [7, 11) is -4.22. The van der Waals surface area contributed by atoms with Gasteiger partial charge >= 0.3 is 0 Å². The lowest BCUT2D eigenvalue weighted by Gasteiger charge is -2.36. The molecule has 0 saturated heterocycles. The zero-order chi connectivity index (χ0) is 23.3. The summed E-state index contributed by atoms with van der Waals surface area (Å²) in [6.45, 7) is 3.51. The Morgan fingerprint density at radius 2 is 1.84 bits per heavy atom. The van der Waals surface area contributed by atoms with E-state index >= 15 is 0 Å². The monoisotopic (exact) mass is 461 g/mol. The number of nitrogens with two attached hydrogens (primary N) is 1. The number of hydrogen-bond acceptors (Lipinski definition) is 5. The van der Waals surface area contributed by atoms with Gasteiger partial charge in [0.2, 0.25) is 10.0 Å². The number of nitrogens with one attached hydrogen (secondary N) is 2. The lowest BCUT2D eigenvalue weighted by molar-refractivity contribution is 0.102. The normalized spacial score (nSPS) is 15.9. The molecule has 1 aliphatic heterocycles. The van der Waals surface area contributed by atoms with Crippen LogP contribution in [0.5, 0.6) is 0 Å². The van der Waals surface area contributed by atoms with E-state index in [1.807, 2.05) is 0 Å². The number of rotatable bonds is 4. The van der Waals surface area contributed by atoms with Gasteiger partial charge in [0.1, 0.15) is 11.6 Å². The predicted molar refractivity (Wildman–Crippen MR) is 114 cm³/mol. The van der Waals surface area contributed by atoms with Crippen molar-refractivity contribution in [2.45, 2.75) is 30.7 Å². The zero-order valence-corrected chi connectivity index (χ0v) is 18.1. The van der Waals surface area contributed by atoms with Crippen LogP contribution < -0.4 is 11.1 Å². The maximum atomic E-state index is 13.7. The van der Waals surface area contributed by atoms with Gasteiger partial charge in [-0.25, -0.2) is 17.2 Å². The molecule has 1 aliphatic rings. The van der Waals surface area contributed by atoms with E-state index < -0.39 is 37.9 Å². The van der Waals surface area contributed by atoms with E-state index in [0.29, 0.717) is 17.3 Å². The van der Waals surface area contributed by atoms with E-state index in [0.717, 1.165) is 16.4 Å². The average Bonchev–Trinajstić information content (AvgIpc) is 3.11. The molecule has 2 heterocycles. The van der Waals surface area contributed by atoms with Gasteiger partial charge in [-0.05, 0) is 24.3 Å².